The Morgan fingerprint density at radius 1 is 1.19 bits per heavy atom. The van der Waals surface area contributed by atoms with Gasteiger partial charge in [-0.05, 0) is 55.5 Å². The van der Waals surface area contributed by atoms with Crippen LogP contribution in [0.5, 0.6) is 5.75 Å². The fraction of sp³-hybridized carbons (Fsp3) is 0.250. The SMILES string of the molecule is CCOc1ccc(-c2noc(C3CC(=O)N(c4ccc(Cl)cc4)C3)n2)cc1. The van der Waals surface area contributed by atoms with Crippen LogP contribution in [-0.4, -0.2) is 29.2 Å². The Morgan fingerprint density at radius 2 is 1.93 bits per heavy atom. The van der Waals surface area contributed by atoms with E-state index in [4.69, 9.17) is 20.9 Å². The number of carbonyl (C=O) groups is 1. The smallest absolute Gasteiger partial charge is 0.232 e. The molecular formula is C20H18ClN3O3. The third-order valence-electron chi connectivity index (χ3n) is 4.48. The first-order valence-electron chi connectivity index (χ1n) is 8.77. The quantitative estimate of drug-likeness (QED) is 0.656. The number of anilines is 1. The van der Waals surface area contributed by atoms with Crippen molar-refractivity contribution in [1.29, 1.82) is 0 Å². The fourth-order valence-corrected chi connectivity index (χ4v) is 3.25. The summed E-state index contributed by atoms with van der Waals surface area (Å²) in [6, 6.07) is 14.7. The summed E-state index contributed by atoms with van der Waals surface area (Å²) in [5.41, 5.74) is 1.66. The summed E-state index contributed by atoms with van der Waals surface area (Å²) in [6.07, 6.45) is 0.341. The van der Waals surface area contributed by atoms with E-state index >= 15 is 0 Å². The lowest BCUT2D eigenvalue weighted by Crippen LogP contribution is -2.24. The number of halogens is 1. The number of carbonyl (C=O) groups excluding carboxylic acids is 1. The average Bonchev–Trinajstić information content (AvgIpc) is 3.30. The monoisotopic (exact) mass is 383 g/mol. The van der Waals surface area contributed by atoms with Crippen molar-refractivity contribution in [3.8, 4) is 17.1 Å². The first kappa shape index (κ1) is 17.5. The number of hydrogen-bond donors (Lipinski definition) is 0. The molecule has 27 heavy (non-hydrogen) atoms. The Morgan fingerprint density at radius 3 is 2.63 bits per heavy atom. The van der Waals surface area contributed by atoms with Gasteiger partial charge in [-0.3, -0.25) is 4.79 Å². The van der Waals surface area contributed by atoms with Gasteiger partial charge in [0.25, 0.3) is 0 Å². The molecule has 7 heteroatoms. The summed E-state index contributed by atoms with van der Waals surface area (Å²) in [5.74, 6) is 1.68. The van der Waals surface area contributed by atoms with Crippen LogP contribution in [0.15, 0.2) is 53.1 Å². The van der Waals surface area contributed by atoms with Crippen LogP contribution >= 0.6 is 11.6 Å². The van der Waals surface area contributed by atoms with Crippen molar-refractivity contribution in [2.75, 3.05) is 18.1 Å². The second-order valence-electron chi connectivity index (χ2n) is 6.30. The van der Waals surface area contributed by atoms with Crippen molar-refractivity contribution in [1.82, 2.24) is 10.1 Å². The zero-order valence-electron chi connectivity index (χ0n) is 14.8. The molecular weight excluding hydrogens is 366 g/mol. The lowest BCUT2D eigenvalue weighted by atomic mass is 10.1. The minimum Gasteiger partial charge on any atom is -0.494 e. The number of aromatic nitrogens is 2. The summed E-state index contributed by atoms with van der Waals surface area (Å²) in [7, 11) is 0. The van der Waals surface area contributed by atoms with Crippen molar-refractivity contribution in [3.05, 3.63) is 59.4 Å². The van der Waals surface area contributed by atoms with Crippen molar-refractivity contribution in [3.63, 3.8) is 0 Å². The van der Waals surface area contributed by atoms with Gasteiger partial charge in [0.2, 0.25) is 17.6 Å². The molecule has 2 aromatic carbocycles. The number of nitrogens with zero attached hydrogens (tertiary/aromatic N) is 3. The van der Waals surface area contributed by atoms with Crippen LogP contribution in [-0.2, 0) is 4.79 Å². The van der Waals surface area contributed by atoms with Crippen LogP contribution in [0.4, 0.5) is 5.69 Å². The third kappa shape index (κ3) is 3.66. The van der Waals surface area contributed by atoms with E-state index in [1.54, 1.807) is 17.0 Å². The van der Waals surface area contributed by atoms with E-state index in [-0.39, 0.29) is 11.8 Å². The molecule has 0 radical (unpaired) electrons. The number of amides is 1. The molecule has 6 nitrogen and oxygen atoms in total. The predicted molar refractivity (Wildman–Crippen MR) is 102 cm³/mol. The standard InChI is InChI=1S/C20H18ClN3O3/c1-2-26-17-9-3-13(4-10-17)19-22-20(27-23-19)14-11-18(25)24(12-14)16-7-5-15(21)6-8-16/h3-10,14H,2,11-12H2,1H3. The lowest BCUT2D eigenvalue weighted by molar-refractivity contribution is -0.117. The normalized spacial score (nSPS) is 16.7. The maximum atomic E-state index is 12.4. The van der Waals surface area contributed by atoms with E-state index in [2.05, 4.69) is 10.1 Å². The van der Waals surface area contributed by atoms with E-state index < -0.39 is 0 Å². The first-order valence-corrected chi connectivity index (χ1v) is 9.14. The number of benzene rings is 2. The van der Waals surface area contributed by atoms with Gasteiger partial charge in [-0.15, -0.1) is 0 Å². The van der Waals surface area contributed by atoms with E-state index in [0.717, 1.165) is 17.0 Å². The van der Waals surface area contributed by atoms with Crippen molar-refractivity contribution in [2.24, 2.45) is 0 Å². The van der Waals surface area contributed by atoms with Gasteiger partial charge >= 0.3 is 0 Å². The second-order valence-corrected chi connectivity index (χ2v) is 6.73. The largest absolute Gasteiger partial charge is 0.494 e. The highest BCUT2D eigenvalue weighted by atomic mass is 35.5. The molecule has 0 N–H and O–H groups in total. The van der Waals surface area contributed by atoms with Gasteiger partial charge in [-0.1, -0.05) is 16.8 Å². The van der Waals surface area contributed by atoms with Crippen LogP contribution in [0.2, 0.25) is 5.02 Å². The fourth-order valence-electron chi connectivity index (χ4n) is 3.13. The van der Waals surface area contributed by atoms with Crippen LogP contribution in [0.25, 0.3) is 11.4 Å². The summed E-state index contributed by atoms with van der Waals surface area (Å²) in [4.78, 5) is 18.6. The van der Waals surface area contributed by atoms with Crippen molar-refractivity contribution < 1.29 is 14.1 Å². The summed E-state index contributed by atoms with van der Waals surface area (Å²) < 4.78 is 10.9. The molecule has 1 amide bonds. The highest BCUT2D eigenvalue weighted by Gasteiger charge is 2.35. The second kappa shape index (κ2) is 7.40. The molecule has 1 atom stereocenters. The highest BCUT2D eigenvalue weighted by Crippen LogP contribution is 2.32. The topological polar surface area (TPSA) is 68.5 Å². The summed E-state index contributed by atoms with van der Waals surface area (Å²) >= 11 is 5.92. The zero-order valence-corrected chi connectivity index (χ0v) is 15.5. The number of hydrogen-bond acceptors (Lipinski definition) is 5. The van der Waals surface area contributed by atoms with E-state index in [9.17, 15) is 4.79 Å². The van der Waals surface area contributed by atoms with Crippen LogP contribution in [0.3, 0.4) is 0 Å². The van der Waals surface area contributed by atoms with Gasteiger partial charge in [0.05, 0.1) is 12.5 Å². The van der Waals surface area contributed by atoms with Crippen LogP contribution in [0.1, 0.15) is 25.2 Å². The third-order valence-corrected chi connectivity index (χ3v) is 4.73. The van der Waals surface area contributed by atoms with Crippen molar-refractivity contribution in [2.45, 2.75) is 19.3 Å². The van der Waals surface area contributed by atoms with E-state index in [1.807, 2.05) is 43.3 Å². The molecule has 1 saturated heterocycles. The van der Waals surface area contributed by atoms with Gasteiger partial charge in [0, 0.05) is 29.2 Å². The Bertz CT molecular complexity index is 938. The molecule has 0 bridgehead atoms. The van der Waals surface area contributed by atoms with Gasteiger partial charge in [-0.2, -0.15) is 4.98 Å². The number of ether oxygens (including phenoxy) is 1. The lowest BCUT2D eigenvalue weighted by Gasteiger charge is -2.15. The van der Waals surface area contributed by atoms with Gasteiger partial charge in [0.15, 0.2) is 0 Å². The van der Waals surface area contributed by atoms with Crippen LogP contribution < -0.4 is 9.64 Å². The maximum Gasteiger partial charge on any atom is 0.232 e. The predicted octanol–water partition coefficient (Wildman–Crippen LogP) is 4.31. The molecule has 0 saturated carbocycles. The number of rotatable bonds is 5. The molecule has 4 rings (SSSR count). The maximum absolute atomic E-state index is 12.4. The zero-order chi connectivity index (χ0) is 18.8. The first-order chi connectivity index (χ1) is 13.1. The van der Waals surface area contributed by atoms with Crippen molar-refractivity contribution >= 4 is 23.2 Å². The Kier molecular flexibility index (Phi) is 4.81. The molecule has 0 aliphatic carbocycles. The molecule has 1 aliphatic rings. The van der Waals surface area contributed by atoms with Gasteiger partial charge < -0.3 is 14.2 Å². The molecule has 1 fully saturated rings. The van der Waals surface area contributed by atoms with Gasteiger partial charge in [0.1, 0.15) is 5.75 Å². The Hall–Kier alpha value is -2.86. The highest BCUT2D eigenvalue weighted by molar-refractivity contribution is 6.30. The van der Waals surface area contributed by atoms with Gasteiger partial charge in [-0.25, -0.2) is 0 Å². The Balaban J connectivity index is 1.50. The molecule has 138 valence electrons. The molecule has 1 unspecified atom stereocenters. The van der Waals surface area contributed by atoms with E-state index in [1.165, 1.54) is 0 Å². The minimum atomic E-state index is -0.128. The average molecular weight is 384 g/mol. The molecule has 3 aromatic rings. The van der Waals surface area contributed by atoms with E-state index in [0.29, 0.717) is 36.3 Å². The Labute approximate surface area is 161 Å². The summed E-state index contributed by atoms with van der Waals surface area (Å²) in [6.45, 7) is 3.06. The molecule has 2 heterocycles. The molecule has 1 aromatic heterocycles. The molecule has 1 aliphatic heterocycles. The van der Waals surface area contributed by atoms with Crippen LogP contribution in [0, 0.1) is 0 Å². The summed E-state index contributed by atoms with van der Waals surface area (Å²) in [5, 5.41) is 4.70. The minimum absolute atomic E-state index is 0.0307. The molecule has 0 spiro atoms.